The first-order valence-corrected chi connectivity index (χ1v) is 8.75. The van der Waals surface area contributed by atoms with Crippen LogP contribution in [-0.4, -0.2) is 21.8 Å². The molecule has 0 aliphatic carbocycles. The summed E-state index contributed by atoms with van der Waals surface area (Å²) in [7, 11) is 0. The van der Waals surface area contributed by atoms with Crippen LogP contribution in [0.5, 0.6) is 5.75 Å². The van der Waals surface area contributed by atoms with Gasteiger partial charge in [0.2, 0.25) is 0 Å². The normalized spacial score (nSPS) is 11.2. The molecule has 2 aromatic carbocycles. The van der Waals surface area contributed by atoms with Gasteiger partial charge in [-0.15, -0.1) is 0 Å². The zero-order chi connectivity index (χ0) is 18.7. The molecule has 6 nitrogen and oxygen atoms in total. The van der Waals surface area contributed by atoms with Crippen LogP contribution in [0.3, 0.4) is 0 Å². The van der Waals surface area contributed by atoms with Gasteiger partial charge in [-0.2, -0.15) is 5.10 Å². The molecule has 0 bridgehead atoms. The lowest BCUT2D eigenvalue weighted by molar-refractivity contribution is 0.0950. The van der Waals surface area contributed by atoms with Gasteiger partial charge in [0.05, 0.1) is 11.7 Å². The van der Waals surface area contributed by atoms with Crippen molar-refractivity contribution in [3.63, 3.8) is 0 Å². The van der Waals surface area contributed by atoms with Crippen LogP contribution in [0, 0.1) is 0 Å². The third kappa shape index (κ3) is 3.39. The van der Waals surface area contributed by atoms with E-state index >= 15 is 0 Å². The summed E-state index contributed by atoms with van der Waals surface area (Å²) < 4.78 is 2.33. The van der Waals surface area contributed by atoms with Crippen LogP contribution >= 0.6 is 15.9 Å². The van der Waals surface area contributed by atoms with E-state index in [1.165, 1.54) is 10.8 Å². The SMILES string of the molecule is CCn1c(=O)c(C(=O)N/N=C/c2cccc(Br)c2)c(O)c2ccccc21. The highest BCUT2D eigenvalue weighted by molar-refractivity contribution is 9.10. The standard InChI is InChI=1S/C19H16BrN3O3/c1-2-23-15-9-4-3-8-14(15)17(24)16(19(23)26)18(25)22-21-11-12-6-5-7-13(20)10-12/h3-11,24H,2H2,1H3,(H,22,25)/b21-11+. The Morgan fingerprint density at radius 2 is 2.04 bits per heavy atom. The first-order valence-electron chi connectivity index (χ1n) is 7.96. The average Bonchev–Trinajstić information content (AvgIpc) is 2.62. The van der Waals surface area contributed by atoms with Crippen LogP contribution < -0.4 is 11.0 Å². The summed E-state index contributed by atoms with van der Waals surface area (Å²) in [6.07, 6.45) is 1.46. The van der Waals surface area contributed by atoms with Crippen molar-refractivity contribution in [2.45, 2.75) is 13.5 Å². The number of aromatic nitrogens is 1. The van der Waals surface area contributed by atoms with E-state index in [2.05, 4.69) is 26.5 Å². The summed E-state index contributed by atoms with van der Waals surface area (Å²) in [4.78, 5) is 25.1. The molecule has 1 heterocycles. The van der Waals surface area contributed by atoms with Gasteiger partial charge >= 0.3 is 0 Å². The number of hydrazone groups is 1. The van der Waals surface area contributed by atoms with Crippen LogP contribution in [-0.2, 0) is 6.54 Å². The summed E-state index contributed by atoms with van der Waals surface area (Å²) in [5.41, 5.74) is 2.77. The number of pyridine rings is 1. The molecule has 1 aromatic heterocycles. The van der Waals surface area contributed by atoms with E-state index in [-0.39, 0.29) is 11.3 Å². The van der Waals surface area contributed by atoms with Gasteiger partial charge < -0.3 is 9.67 Å². The molecule has 0 atom stereocenters. The highest BCUT2D eigenvalue weighted by atomic mass is 79.9. The Bertz CT molecular complexity index is 1070. The van der Waals surface area contributed by atoms with E-state index in [9.17, 15) is 14.7 Å². The number of benzene rings is 2. The molecule has 1 amide bonds. The number of nitrogens with zero attached hydrogens (tertiary/aromatic N) is 2. The molecule has 0 spiro atoms. The first kappa shape index (κ1) is 17.9. The lowest BCUT2D eigenvalue weighted by atomic mass is 10.1. The van der Waals surface area contributed by atoms with Crippen molar-refractivity contribution >= 4 is 39.0 Å². The van der Waals surface area contributed by atoms with Crippen LogP contribution in [0.1, 0.15) is 22.8 Å². The number of carbonyl (C=O) groups excluding carboxylic acids is 1. The number of para-hydroxylation sites is 1. The summed E-state index contributed by atoms with van der Waals surface area (Å²) in [6.45, 7) is 2.18. The van der Waals surface area contributed by atoms with E-state index in [4.69, 9.17) is 0 Å². The number of hydrogen-bond acceptors (Lipinski definition) is 4. The molecule has 132 valence electrons. The summed E-state index contributed by atoms with van der Waals surface area (Å²) in [6, 6.07) is 14.3. The maximum atomic E-state index is 12.6. The summed E-state index contributed by atoms with van der Waals surface area (Å²) >= 11 is 3.35. The minimum Gasteiger partial charge on any atom is -0.506 e. The maximum Gasteiger partial charge on any atom is 0.280 e. The third-order valence-electron chi connectivity index (χ3n) is 3.92. The Hall–Kier alpha value is -2.93. The second-order valence-corrected chi connectivity index (χ2v) is 6.46. The fourth-order valence-corrected chi connectivity index (χ4v) is 3.13. The predicted molar refractivity (Wildman–Crippen MR) is 105 cm³/mol. The van der Waals surface area contributed by atoms with Gasteiger partial charge in [-0.3, -0.25) is 9.59 Å². The molecule has 3 aromatic rings. The van der Waals surface area contributed by atoms with E-state index in [0.717, 1.165) is 10.0 Å². The van der Waals surface area contributed by atoms with Crippen molar-refractivity contribution in [2.24, 2.45) is 5.10 Å². The maximum absolute atomic E-state index is 12.6. The molecule has 0 aliphatic heterocycles. The lowest BCUT2D eigenvalue weighted by Crippen LogP contribution is -2.31. The minimum absolute atomic E-state index is 0.322. The number of halogens is 1. The van der Waals surface area contributed by atoms with E-state index in [0.29, 0.717) is 17.4 Å². The quantitative estimate of drug-likeness (QED) is 0.508. The molecule has 0 aliphatic rings. The zero-order valence-corrected chi connectivity index (χ0v) is 15.5. The van der Waals surface area contributed by atoms with E-state index in [1.807, 2.05) is 24.3 Å². The number of hydrogen-bond donors (Lipinski definition) is 2. The fourth-order valence-electron chi connectivity index (χ4n) is 2.72. The van der Waals surface area contributed by atoms with Crippen LogP contribution in [0.4, 0.5) is 0 Å². The second kappa shape index (κ2) is 7.53. The number of nitrogens with one attached hydrogen (secondary N) is 1. The Balaban J connectivity index is 1.97. The second-order valence-electron chi connectivity index (χ2n) is 5.54. The monoisotopic (exact) mass is 413 g/mol. The molecule has 0 unspecified atom stereocenters. The number of fused-ring (bicyclic) bond motifs is 1. The fraction of sp³-hybridized carbons (Fsp3) is 0.105. The van der Waals surface area contributed by atoms with Crippen molar-refractivity contribution in [3.8, 4) is 5.75 Å². The van der Waals surface area contributed by atoms with Gasteiger partial charge in [-0.1, -0.05) is 40.2 Å². The largest absolute Gasteiger partial charge is 0.506 e. The van der Waals surface area contributed by atoms with Crippen molar-refractivity contribution in [1.82, 2.24) is 9.99 Å². The van der Waals surface area contributed by atoms with Crippen molar-refractivity contribution in [2.75, 3.05) is 0 Å². The predicted octanol–water partition coefficient (Wildman–Crippen LogP) is 3.25. The van der Waals surface area contributed by atoms with Crippen LogP contribution in [0.25, 0.3) is 10.9 Å². The topological polar surface area (TPSA) is 83.7 Å². The lowest BCUT2D eigenvalue weighted by Gasteiger charge is -2.12. The Morgan fingerprint density at radius 3 is 2.77 bits per heavy atom. The van der Waals surface area contributed by atoms with Crippen LogP contribution in [0.15, 0.2) is 62.9 Å². The van der Waals surface area contributed by atoms with Crippen molar-refractivity contribution in [3.05, 3.63) is 74.5 Å². The number of rotatable bonds is 4. The molecule has 7 heteroatoms. The van der Waals surface area contributed by atoms with Gasteiger partial charge in [-0.05, 0) is 36.8 Å². The Morgan fingerprint density at radius 1 is 1.27 bits per heavy atom. The molecular weight excluding hydrogens is 398 g/mol. The number of amides is 1. The molecule has 0 radical (unpaired) electrons. The van der Waals surface area contributed by atoms with Gasteiger partial charge in [-0.25, -0.2) is 5.43 Å². The van der Waals surface area contributed by atoms with Gasteiger partial charge in [0.1, 0.15) is 11.3 Å². The molecule has 0 fully saturated rings. The zero-order valence-electron chi connectivity index (χ0n) is 13.9. The van der Waals surface area contributed by atoms with E-state index < -0.39 is 11.5 Å². The molecule has 0 saturated carbocycles. The number of aromatic hydroxyl groups is 1. The highest BCUT2D eigenvalue weighted by Gasteiger charge is 2.21. The summed E-state index contributed by atoms with van der Waals surface area (Å²) in [5.74, 6) is -1.10. The van der Waals surface area contributed by atoms with E-state index in [1.54, 1.807) is 31.2 Å². The van der Waals surface area contributed by atoms with Gasteiger partial charge in [0.15, 0.2) is 0 Å². The van der Waals surface area contributed by atoms with Crippen molar-refractivity contribution in [1.29, 1.82) is 0 Å². The van der Waals surface area contributed by atoms with Gasteiger partial charge in [0.25, 0.3) is 11.5 Å². The molecule has 2 N–H and O–H groups in total. The molecule has 26 heavy (non-hydrogen) atoms. The van der Waals surface area contributed by atoms with Crippen molar-refractivity contribution < 1.29 is 9.90 Å². The third-order valence-corrected chi connectivity index (χ3v) is 4.41. The molecular formula is C19H16BrN3O3. The Kier molecular flexibility index (Phi) is 5.18. The molecule has 3 rings (SSSR count). The highest BCUT2D eigenvalue weighted by Crippen LogP contribution is 2.26. The van der Waals surface area contributed by atoms with Gasteiger partial charge in [0, 0.05) is 16.4 Å². The smallest absolute Gasteiger partial charge is 0.280 e. The number of carbonyl (C=O) groups is 1. The number of aryl methyl sites for hydroxylation is 1. The molecule has 0 saturated heterocycles. The Labute approximate surface area is 157 Å². The minimum atomic E-state index is -0.758. The van der Waals surface area contributed by atoms with Crippen LogP contribution in [0.2, 0.25) is 0 Å². The average molecular weight is 414 g/mol. The summed E-state index contributed by atoms with van der Waals surface area (Å²) in [5, 5.41) is 14.8. The first-order chi connectivity index (χ1) is 12.5.